The van der Waals surface area contributed by atoms with E-state index in [0.29, 0.717) is 11.3 Å². The molecule has 0 unspecified atom stereocenters. The zero-order valence-electron chi connectivity index (χ0n) is 14.5. The Morgan fingerprint density at radius 1 is 1.24 bits per heavy atom. The van der Waals surface area contributed by atoms with Crippen LogP contribution in [0.15, 0.2) is 41.3 Å². The lowest BCUT2D eigenvalue weighted by Gasteiger charge is -2.15. The number of methoxy groups -OCH3 is 1. The molecule has 3 rings (SSSR count). The van der Waals surface area contributed by atoms with E-state index in [1.165, 1.54) is 42.5 Å². The van der Waals surface area contributed by atoms with Gasteiger partial charge in [-0.05, 0) is 67.1 Å². The van der Waals surface area contributed by atoms with E-state index in [9.17, 15) is 9.18 Å². The molecular formula is C20H22FNO2S. The zero-order valence-corrected chi connectivity index (χ0v) is 15.3. The number of carbonyl (C=O) groups is 1. The first kappa shape index (κ1) is 17.8. The molecule has 0 heterocycles. The van der Waals surface area contributed by atoms with Crippen molar-refractivity contribution in [3.63, 3.8) is 0 Å². The van der Waals surface area contributed by atoms with Gasteiger partial charge in [-0.15, -0.1) is 11.8 Å². The van der Waals surface area contributed by atoms with Crippen molar-refractivity contribution in [2.45, 2.75) is 37.1 Å². The molecule has 2 aromatic carbocycles. The van der Waals surface area contributed by atoms with E-state index in [0.717, 1.165) is 17.7 Å². The van der Waals surface area contributed by atoms with Crippen molar-refractivity contribution in [3.05, 3.63) is 58.9 Å². The first-order valence-corrected chi connectivity index (χ1v) is 9.43. The van der Waals surface area contributed by atoms with Gasteiger partial charge in [-0.2, -0.15) is 0 Å². The Morgan fingerprint density at radius 3 is 2.80 bits per heavy atom. The van der Waals surface area contributed by atoms with E-state index < -0.39 is 5.82 Å². The van der Waals surface area contributed by atoms with Crippen molar-refractivity contribution < 1.29 is 13.9 Å². The van der Waals surface area contributed by atoms with Crippen LogP contribution in [-0.4, -0.2) is 18.8 Å². The molecule has 1 N–H and O–H groups in total. The number of hydrogen-bond donors (Lipinski definition) is 1. The predicted octanol–water partition coefficient (Wildman–Crippen LogP) is 4.29. The Hall–Kier alpha value is -2.01. The summed E-state index contributed by atoms with van der Waals surface area (Å²) in [4.78, 5) is 13.3. The van der Waals surface area contributed by atoms with Gasteiger partial charge in [0.15, 0.2) is 11.6 Å². The highest BCUT2D eigenvalue weighted by Crippen LogP contribution is 2.27. The van der Waals surface area contributed by atoms with Gasteiger partial charge >= 0.3 is 0 Å². The van der Waals surface area contributed by atoms with Crippen LogP contribution < -0.4 is 10.1 Å². The van der Waals surface area contributed by atoms with E-state index >= 15 is 0 Å². The van der Waals surface area contributed by atoms with E-state index in [1.54, 1.807) is 12.1 Å². The fourth-order valence-corrected chi connectivity index (χ4v) is 3.88. The SMILES string of the molecule is COc1ccc([C@@H](C)NC(=O)CSc2ccc3c(c2)CCC3)cc1F. The van der Waals surface area contributed by atoms with Crippen LogP contribution in [0.2, 0.25) is 0 Å². The molecule has 2 aromatic rings. The number of thioether (sulfide) groups is 1. The highest BCUT2D eigenvalue weighted by Gasteiger charge is 2.14. The van der Waals surface area contributed by atoms with Crippen LogP contribution in [0.3, 0.4) is 0 Å². The summed E-state index contributed by atoms with van der Waals surface area (Å²) in [6, 6.07) is 10.9. The van der Waals surface area contributed by atoms with Gasteiger partial charge in [0.2, 0.25) is 5.91 Å². The third-order valence-corrected chi connectivity index (χ3v) is 5.49. The van der Waals surface area contributed by atoms with Gasteiger partial charge in [-0.25, -0.2) is 4.39 Å². The Balaban J connectivity index is 1.54. The van der Waals surface area contributed by atoms with Gasteiger partial charge in [-0.1, -0.05) is 12.1 Å². The zero-order chi connectivity index (χ0) is 17.8. The van der Waals surface area contributed by atoms with Crippen molar-refractivity contribution in [2.24, 2.45) is 0 Å². The second kappa shape index (κ2) is 7.91. The molecule has 132 valence electrons. The topological polar surface area (TPSA) is 38.3 Å². The lowest BCUT2D eigenvalue weighted by Crippen LogP contribution is -2.28. The van der Waals surface area contributed by atoms with Crippen molar-refractivity contribution in [2.75, 3.05) is 12.9 Å². The fourth-order valence-electron chi connectivity index (χ4n) is 3.11. The van der Waals surface area contributed by atoms with Crippen LogP contribution in [0.4, 0.5) is 4.39 Å². The maximum atomic E-state index is 13.8. The van der Waals surface area contributed by atoms with Gasteiger partial charge in [0.05, 0.1) is 18.9 Å². The fraction of sp³-hybridized carbons (Fsp3) is 0.350. The molecule has 5 heteroatoms. The third kappa shape index (κ3) is 4.34. The second-order valence-electron chi connectivity index (χ2n) is 6.26. The highest BCUT2D eigenvalue weighted by atomic mass is 32.2. The Morgan fingerprint density at radius 2 is 2.04 bits per heavy atom. The number of benzene rings is 2. The summed E-state index contributed by atoms with van der Waals surface area (Å²) in [5.41, 5.74) is 3.56. The van der Waals surface area contributed by atoms with Crippen LogP contribution in [0, 0.1) is 5.82 Å². The normalized spacial score (nSPS) is 14.0. The van der Waals surface area contributed by atoms with Crippen molar-refractivity contribution in [3.8, 4) is 5.75 Å². The quantitative estimate of drug-likeness (QED) is 0.782. The summed E-state index contributed by atoms with van der Waals surface area (Å²) in [6.07, 6.45) is 3.52. The summed E-state index contributed by atoms with van der Waals surface area (Å²) < 4.78 is 18.7. The molecule has 3 nitrogen and oxygen atoms in total. The molecule has 1 amide bonds. The molecule has 0 saturated heterocycles. The molecule has 0 radical (unpaired) electrons. The molecule has 25 heavy (non-hydrogen) atoms. The predicted molar refractivity (Wildman–Crippen MR) is 98.7 cm³/mol. The molecule has 0 fully saturated rings. The summed E-state index contributed by atoms with van der Waals surface area (Å²) >= 11 is 1.53. The Bertz CT molecular complexity index is 778. The minimum absolute atomic E-state index is 0.0609. The molecule has 1 aliphatic rings. The minimum Gasteiger partial charge on any atom is -0.494 e. The number of amides is 1. The lowest BCUT2D eigenvalue weighted by molar-refractivity contribution is -0.119. The number of hydrogen-bond acceptors (Lipinski definition) is 3. The molecule has 0 bridgehead atoms. The summed E-state index contributed by atoms with van der Waals surface area (Å²) in [5.74, 6) is 0.0687. The number of nitrogens with one attached hydrogen (secondary N) is 1. The van der Waals surface area contributed by atoms with E-state index in [2.05, 4.69) is 23.5 Å². The van der Waals surface area contributed by atoms with E-state index in [4.69, 9.17) is 4.74 Å². The van der Waals surface area contributed by atoms with Gasteiger partial charge in [0.25, 0.3) is 0 Å². The second-order valence-corrected chi connectivity index (χ2v) is 7.30. The van der Waals surface area contributed by atoms with Gasteiger partial charge in [0.1, 0.15) is 0 Å². The first-order valence-electron chi connectivity index (χ1n) is 8.44. The van der Waals surface area contributed by atoms with Crippen molar-refractivity contribution >= 4 is 17.7 Å². The first-order chi connectivity index (χ1) is 12.1. The molecule has 1 atom stereocenters. The van der Waals surface area contributed by atoms with E-state index in [-0.39, 0.29) is 17.7 Å². The summed E-state index contributed by atoms with van der Waals surface area (Å²) in [5, 5.41) is 2.92. The van der Waals surface area contributed by atoms with Gasteiger partial charge in [-0.3, -0.25) is 4.79 Å². The maximum Gasteiger partial charge on any atom is 0.230 e. The summed E-state index contributed by atoms with van der Waals surface area (Å²) in [6.45, 7) is 1.85. The Labute approximate surface area is 152 Å². The average Bonchev–Trinajstić information content (AvgIpc) is 3.07. The van der Waals surface area contributed by atoms with Crippen molar-refractivity contribution in [1.82, 2.24) is 5.32 Å². The number of halogens is 1. The molecule has 0 aliphatic heterocycles. The molecule has 0 aromatic heterocycles. The van der Waals surface area contributed by atoms with Crippen LogP contribution >= 0.6 is 11.8 Å². The van der Waals surface area contributed by atoms with Crippen LogP contribution in [0.1, 0.15) is 36.1 Å². The number of rotatable bonds is 6. The summed E-state index contributed by atoms with van der Waals surface area (Å²) in [7, 11) is 1.43. The smallest absolute Gasteiger partial charge is 0.230 e. The largest absolute Gasteiger partial charge is 0.494 e. The highest BCUT2D eigenvalue weighted by molar-refractivity contribution is 8.00. The number of aryl methyl sites for hydroxylation is 2. The minimum atomic E-state index is -0.423. The van der Waals surface area contributed by atoms with Gasteiger partial charge in [0, 0.05) is 4.90 Å². The van der Waals surface area contributed by atoms with Crippen molar-refractivity contribution in [1.29, 1.82) is 0 Å². The maximum absolute atomic E-state index is 13.8. The van der Waals surface area contributed by atoms with Gasteiger partial charge < -0.3 is 10.1 Å². The molecule has 0 saturated carbocycles. The van der Waals surface area contributed by atoms with Crippen LogP contribution in [0.25, 0.3) is 0 Å². The van der Waals surface area contributed by atoms with E-state index in [1.807, 2.05) is 6.92 Å². The third-order valence-electron chi connectivity index (χ3n) is 4.49. The lowest BCUT2D eigenvalue weighted by atomic mass is 10.1. The number of fused-ring (bicyclic) bond motifs is 1. The van der Waals surface area contributed by atoms with Crippen LogP contribution in [0.5, 0.6) is 5.75 Å². The molecular weight excluding hydrogens is 337 g/mol. The monoisotopic (exact) mass is 359 g/mol. The number of ether oxygens (including phenoxy) is 1. The standard InChI is InChI=1S/C20H22FNO2S/c1-13(15-7-9-19(24-2)18(21)11-15)22-20(23)12-25-17-8-6-14-4-3-5-16(14)10-17/h6-11,13H,3-5,12H2,1-2H3,(H,22,23)/t13-/m1/s1. The number of carbonyl (C=O) groups excluding carboxylic acids is 1. The molecule has 1 aliphatic carbocycles. The molecule has 0 spiro atoms. The van der Waals surface area contributed by atoms with Crippen LogP contribution in [-0.2, 0) is 17.6 Å². The Kier molecular flexibility index (Phi) is 5.63. The average molecular weight is 359 g/mol.